The van der Waals surface area contributed by atoms with Crippen LogP contribution in [0.1, 0.15) is 29.7 Å². The molecule has 4 heteroatoms. The third kappa shape index (κ3) is 2.26. The van der Waals surface area contributed by atoms with Gasteiger partial charge in [-0.2, -0.15) is 13.2 Å². The van der Waals surface area contributed by atoms with Crippen molar-refractivity contribution in [2.75, 3.05) is 0 Å². The van der Waals surface area contributed by atoms with Gasteiger partial charge < -0.3 is 5.11 Å². The van der Waals surface area contributed by atoms with Crippen molar-refractivity contribution >= 4 is 0 Å². The highest BCUT2D eigenvalue weighted by Gasteiger charge is 2.30. The van der Waals surface area contributed by atoms with Gasteiger partial charge >= 0.3 is 6.18 Å². The molecule has 14 heavy (non-hydrogen) atoms. The molecule has 0 aliphatic rings. The second-order valence-corrected chi connectivity index (χ2v) is 3.25. The molecule has 0 aliphatic heterocycles. The first kappa shape index (κ1) is 11.0. The molecule has 0 unspecified atom stereocenters. The molecule has 0 amide bonds. The molecule has 0 heterocycles. The van der Waals surface area contributed by atoms with Crippen LogP contribution in [0, 0.1) is 6.92 Å². The van der Waals surface area contributed by atoms with Crippen LogP contribution in [0.4, 0.5) is 13.2 Å². The second kappa shape index (κ2) is 3.61. The summed E-state index contributed by atoms with van der Waals surface area (Å²) in [7, 11) is 0. The number of rotatable bonds is 1. The Morgan fingerprint density at radius 3 is 2.21 bits per heavy atom. The summed E-state index contributed by atoms with van der Waals surface area (Å²) in [6, 6.07) is 3.33. The SMILES string of the molecule is Cc1cc(C(F)(F)F)ccc1[C@@H](C)O. The van der Waals surface area contributed by atoms with Crippen LogP contribution in [0.2, 0.25) is 0 Å². The minimum absolute atomic E-state index is 0.454. The van der Waals surface area contributed by atoms with Crippen LogP contribution in [0.3, 0.4) is 0 Å². The van der Waals surface area contributed by atoms with Gasteiger partial charge in [-0.3, -0.25) is 0 Å². The van der Waals surface area contributed by atoms with Crippen molar-refractivity contribution in [3.8, 4) is 0 Å². The van der Waals surface area contributed by atoms with Gasteiger partial charge in [0.25, 0.3) is 0 Å². The van der Waals surface area contributed by atoms with Crippen LogP contribution >= 0.6 is 0 Å². The molecule has 0 bridgehead atoms. The Morgan fingerprint density at radius 2 is 1.86 bits per heavy atom. The Hall–Kier alpha value is -1.03. The van der Waals surface area contributed by atoms with E-state index in [9.17, 15) is 18.3 Å². The van der Waals surface area contributed by atoms with Gasteiger partial charge in [0.05, 0.1) is 11.7 Å². The molecule has 78 valence electrons. The first-order valence-corrected chi connectivity index (χ1v) is 4.18. The molecular formula is C10H11F3O. The number of benzene rings is 1. The van der Waals surface area contributed by atoms with Gasteiger partial charge in [-0.1, -0.05) is 6.07 Å². The Kier molecular flexibility index (Phi) is 2.85. The fourth-order valence-electron chi connectivity index (χ4n) is 1.32. The number of alkyl halides is 3. The predicted octanol–water partition coefficient (Wildman–Crippen LogP) is 3.07. The number of hydrogen-bond acceptors (Lipinski definition) is 1. The highest BCUT2D eigenvalue weighted by molar-refractivity contribution is 5.33. The quantitative estimate of drug-likeness (QED) is 0.745. The van der Waals surface area contributed by atoms with E-state index in [1.54, 1.807) is 6.92 Å². The third-order valence-electron chi connectivity index (χ3n) is 2.05. The largest absolute Gasteiger partial charge is 0.416 e. The highest BCUT2D eigenvalue weighted by atomic mass is 19.4. The molecule has 0 fully saturated rings. The lowest BCUT2D eigenvalue weighted by Crippen LogP contribution is -2.06. The molecule has 1 rings (SSSR count). The van der Waals surface area contributed by atoms with E-state index in [1.165, 1.54) is 13.0 Å². The van der Waals surface area contributed by atoms with Crippen LogP contribution in [0.15, 0.2) is 18.2 Å². The van der Waals surface area contributed by atoms with Crippen LogP contribution in [-0.4, -0.2) is 5.11 Å². The summed E-state index contributed by atoms with van der Waals surface area (Å²) in [6.45, 7) is 3.08. The number of halogens is 3. The van der Waals surface area contributed by atoms with Crippen LogP contribution in [-0.2, 0) is 6.18 Å². The van der Waals surface area contributed by atoms with Crippen molar-refractivity contribution in [1.29, 1.82) is 0 Å². The smallest absolute Gasteiger partial charge is 0.389 e. The molecular weight excluding hydrogens is 193 g/mol. The van der Waals surface area contributed by atoms with Crippen molar-refractivity contribution in [3.05, 3.63) is 34.9 Å². The summed E-state index contributed by atoms with van der Waals surface area (Å²) in [5.74, 6) is 0. The van der Waals surface area contributed by atoms with E-state index >= 15 is 0 Å². The number of aliphatic hydroxyl groups excluding tert-OH is 1. The van der Waals surface area contributed by atoms with Gasteiger partial charge in [0.2, 0.25) is 0 Å². The zero-order valence-corrected chi connectivity index (χ0v) is 7.89. The van der Waals surface area contributed by atoms with Crippen LogP contribution < -0.4 is 0 Å². The topological polar surface area (TPSA) is 20.2 Å². The van der Waals surface area contributed by atoms with E-state index in [-0.39, 0.29) is 0 Å². The fourth-order valence-corrected chi connectivity index (χ4v) is 1.32. The molecule has 1 aromatic carbocycles. The molecule has 1 atom stereocenters. The standard InChI is InChI=1S/C10H11F3O/c1-6-5-8(10(11,12)13)3-4-9(6)7(2)14/h3-5,7,14H,1-2H3/t7-/m1/s1. The van der Waals surface area contributed by atoms with Gasteiger partial charge in [-0.25, -0.2) is 0 Å². The number of hydrogen-bond donors (Lipinski definition) is 1. The molecule has 0 saturated carbocycles. The van der Waals surface area contributed by atoms with E-state index in [2.05, 4.69) is 0 Å². The highest BCUT2D eigenvalue weighted by Crippen LogP contribution is 2.31. The minimum Gasteiger partial charge on any atom is -0.389 e. The average Bonchev–Trinajstić information content (AvgIpc) is 2.01. The minimum atomic E-state index is -4.32. The monoisotopic (exact) mass is 204 g/mol. The Labute approximate surface area is 80.2 Å². The molecule has 1 nitrogen and oxygen atoms in total. The molecule has 0 saturated heterocycles. The predicted molar refractivity (Wildman–Crippen MR) is 46.8 cm³/mol. The van der Waals surface area contributed by atoms with Crippen molar-refractivity contribution in [1.82, 2.24) is 0 Å². The molecule has 0 aliphatic carbocycles. The lowest BCUT2D eigenvalue weighted by molar-refractivity contribution is -0.137. The lowest BCUT2D eigenvalue weighted by atomic mass is 10.0. The van der Waals surface area contributed by atoms with Gasteiger partial charge in [0.15, 0.2) is 0 Å². The summed E-state index contributed by atoms with van der Waals surface area (Å²) in [5, 5.41) is 9.22. The van der Waals surface area contributed by atoms with Crippen LogP contribution in [0.5, 0.6) is 0 Å². The normalized spacial score (nSPS) is 14.1. The Bertz CT molecular complexity index is 329. The first-order valence-electron chi connectivity index (χ1n) is 4.18. The van der Waals surface area contributed by atoms with Gasteiger partial charge in [-0.15, -0.1) is 0 Å². The average molecular weight is 204 g/mol. The van der Waals surface area contributed by atoms with Crippen molar-refractivity contribution in [2.24, 2.45) is 0 Å². The van der Waals surface area contributed by atoms with Crippen molar-refractivity contribution in [3.63, 3.8) is 0 Å². The molecule has 0 aromatic heterocycles. The zero-order chi connectivity index (χ0) is 10.9. The third-order valence-corrected chi connectivity index (χ3v) is 2.05. The maximum atomic E-state index is 12.2. The van der Waals surface area contributed by atoms with E-state index in [0.29, 0.717) is 11.1 Å². The summed E-state index contributed by atoms with van der Waals surface area (Å²) < 4.78 is 36.7. The van der Waals surface area contributed by atoms with Gasteiger partial charge in [-0.05, 0) is 37.1 Å². The maximum absolute atomic E-state index is 12.2. The summed E-state index contributed by atoms with van der Waals surface area (Å²) in [4.78, 5) is 0. The van der Waals surface area contributed by atoms with Crippen molar-refractivity contribution in [2.45, 2.75) is 26.1 Å². The summed E-state index contributed by atoms with van der Waals surface area (Å²) in [6.07, 6.45) is -5.06. The fraction of sp³-hybridized carbons (Fsp3) is 0.400. The van der Waals surface area contributed by atoms with Crippen molar-refractivity contribution < 1.29 is 18.3 Å². The molecule has 1 aromatic rings. The first-order chi connectivity index (χ1) is 6.32. The molecule has 0 spiro atoms. The van der Waals surface area contributed by atoms with Gasteiger partial charge in [0.1, 0.15) is 0 Å². The van der Waals surface area contributed by atoms with E-state index in [4.69, 9.17) is 0 Å². The number of aliphatic hydroxyl groups is 1. The Morgan fingerprint density at radius 1 is 1.29 bits per heavy atom. The lowest BCUT2D eigenvalue weighted by Gasteiger charge is -2.12. The molecule has 0 radical (unpaired) electrons. The van der Waals surface area contributed by atoms with E-state index in [1.807, 2.05) is 0 Å². The molecule has 1 N–H and O–H groups in total. The van der Waals surface area contributed by atoms with E-state index in [0.717, 1.165) is 12.1 Å². The Balaban J connectivity index is 3.13. The second-order valence-electron chi connectivity index (χ2n) is 3.25. The number of aryl methyl sites for hydroxylation is 1. The summed E-state index contributed by atoms with van der Waals surface area (Å²) in [5.41, 5.74) is 0.298. The van der Waals surface area contributed by atoms with E-state index < -0.39 is 17.8 Å². The van der Waals surface area contributed by atoms with Gasteiger partial charge in [0, 0.05) is 0 Å². The van der Waals surface area contributed by atoms with Crippen LogP contribution in [0.25, 0.3) is 0 Å². The maximum Gasteiger partial charge on any atom is 0.416 e. The zero-order valence-electron chi connectivity index (χ0n) is 7.89. The summed E-state index contributed by atoms with van der Waals surface area (Å²) >= 11 is 0.